The van der Waals surface area contributed by atoms with E-state index in [2.05, 4.69) is 26.6 Å². The molecule has 1 aromatic carbocycles. The predicted octanol–water partition coefficient (Wildman–Crippen LogP) is 2.08. The van der Waals surface area contributed by atoms with E-state index in [1.54, 1.807) is 25.3 Å². The van der Waals surface area contributed by atoms with Crippen LogP contribution in [0, 0.1) is 0 Å². The van der Waals surface area contributed by atoms with Crippen LogP contribution in [0.3, 0.4) is 0 Å². The third-order valence-corrected chi connectivity index (χ3v) is 2.84. The smallest absolute Gasteiger partial charge is 0.257 e. The molecule has 17 heavy (non-hydrogen) atoms. The van der Waals surface area contributed by atoms with Crippen LogP contribution in [0.15, 0.2) is 22.7 Å². The van der Waals surface area contributed by atoms with Gasteiger partial charge in [-0.1, -0.05) is 0 Å². The van der Waals surface area contributed by atoms with Gasteiger partial charge in [-0.25, -0.2) is 0 Å². The van der Waals surface area contributed by atoms with Crippen molar-refractivity contribution in [3.8, 4) is 5.75 Å². The van der Waals surface area contributed by atoms with Crippen molar-refractivity contribution in [3.05, 3.63) is 28.2 Å². The fourth-order valence-corrected chi connectivity index (χ4v) is 1.97. The van der Waals surface area contributed by atoms with Gasteiger partial charge in [0, 0.05) is 12.1 Å². The van der Waals surface area contributed by atoms with E-state index in [-0.39, 0.29) is 5.91 Å². The molecule has 4 nitrogen and oxygen atoms in total. The van der Waals surface area contributed by atoms with Gasteiger partial charge in [-0.2, -0.15) is 0 Å². The average Bonchev–Trinajstić information content (AvgIpc) is 2.29. The molecule has 0 saturated carbocycles. The monoisotopic (exact) mass is 316 g/mol. The molecular weight excluding hydrogens is 304 g/mol. The molecule has 0 aliphatic carbocycles. The number of halogens is 1. The van der Waals surface area contributed by atoms with E-state index in [0.717, 1.165) is 4.47 Å². The zero-order chi connectivity index (χ0) is 12.8. The van der Waals surface area contributed by atoms with Crippen molar-refractivity contribution >= 4 is 39.2 Å². The van der Waals surface area contributed by atoms with Crippen LogP contribution in [0.25, 0.3) is 0 Å². The Kier molecular flexibility index (Phi) is 5.37. The van der Waals surface area contributed by atoms with Crippen LogP contribution in [-0.4, -0.2) is 24.7 Å². The Bertz CT molecular complexity index is 437. The zero-order valence-electron chi connectivity index (χ0n) is 9.54. The summed E-state index contributed by atoms with van der Waals surface area (Å²) in [5.41, 5.74) is 0.512. The summed E-state index contributed by atoms with van der Waals surface area (Å²) in [7, 11) is 1.57. The highest BCUT2D eigenvalue weighted by Gasteiger charge is 2.09. The van der Waals surface area contributed by atoms with Crippen LogP contribution in [0.4, 0.5) is 0 Å². The molecule has 0 heterocycles. The van der Waals surface area contributed by atoms with E-state index in [4.69, 9.17) is 17.0 Å². The number of amides is 1. The largest absolute Gasteiger partial charge is 0.496 e. The number of rotatable bonds is 3. The Morgan fingerprint density at radius 1 is 1.53 bits per heavy atom. The molecule has 0 radical (unpaired) electrons. The van der Waals surface area contributed by atoms with Crippen LogP contribution in [0.2, 0.25) is 0 Å². The summed E-state index contributed by atoms with van der Waals surface area (Å²) in [5.74, 6) is 0.426. The van der Waals surface area contributed by atoms with Gasteiger partial charge in [0.15, 0.2) is 5.11 Å². The number of hydrogen-bond acceptors (Lipinski definition) is 3. The second-order valence-corrected chi connectivity index (χ2v) is 4.43. The first-order valence-corrected chi connectivity index (χ1v) is 6.21. The lowest BCUT2D eigenvalue weighted by atomic mass is 10.2. The first kappa shape index (κ1) is 13.9. The van der Waals surface area contributed by atoms with Crippen LogP contribution in [-0.2, 0) is 0 Å². The first-order valence-electron chi connectivity index (χ1n) is 5.01. The second kappa shape index (κ2) is 6.56. The van der Waals surface area contributed by atoms with Crippen LogP contribution >= 0.6 is 28.1 Å². The van der Waals surface area contributed by atoms with Crippen LogP contribution < -0.4 is 15.4 Å². The summed E-state index contributed by atoms with van der Waals surface area (Å²) in [6.07, 6.45) is 0. The van der Waals surface area contributed by atoms with Gasteiger partial charge in [-0.15, -0.1) is 0 Å². The fraction of sp³-hybridized carbons (Fsp3) is 0.273. The third kappa shape index (κ3) is 3.98. The topological polar surface area (TPSA) is 50.4 Å². The minimum absolute atomic E-state index is 0.251. The van der Waals surface area contributed by atoms with Crippen LogP contribution in [0.1, 0.15) is 17.3 Å². The molecule has 0 saturated heterocycles. The number of benzene rings is 1. The summed E-state index contributed by atoms with van der Waals surface area (Å²) >= 11 is 8.25. The Hall–Kier alpha value is -1.14. The third-order valence-electron chi connectivity index (χ3n) is 1.98. The van der Waals surface area contributed by atoms with Gasteiger partial charge in [0.1, 0.15) is 5.75 Å². The van der Waals surface area contributed by atoms with Crippen LogP contribution in [0.5, 0.6) is 5.75 Å². The number of methoxy groups -OCH3 is 1. The van der Waals surface area contributed by atoms with Gasteiger partial charge in [-0.05, 0) is 53.3 Å². The van der Waals surface area contributed by atoms with Crippen molar-refractivity contribution < 1.29 is 9.53 Å². The molecule has 0 bridgehead atoms. The number of ether oxygens (including phenoxy) is 1. The summed E-state index contributed by atoms with van der Waals surface area (Å²) in [5, 5.41) is 5.75. The summed E-state index contributed by atoms with van der Waals surface area (Å²) in [4.78, 5) is 11.8. The quantitative estimate of drug-likeness (QED) is 0.838. The van der Waals surface area contributed by atoms with Gasteiger partial charge in [0.2, 0.25) is 0 Å². The molecule has 0 aliphatic heterocycles. The SMILES string of the molecule is CCNC(=S)NC(=O)c1ccc(OC)c(Br)c1. The van der Waals surface area contributed by atoms with Crippen molar-refractivity contribution in [1.82, 2.24) is 10.6 Å². The van der Waals surface area contributed by atoms with E-state index in [1.807, 2.05) is 6.92 Å². The summed E-state index contributed by atoms with van der Waals surface area (Å²) in [6, 6.07) is 5.07. The molecule has 0 spiro atoms. The molecule has 6 heteroatoms. The molecule has 1 aromatic rings. The minimum Gasteiger partial charge on any atom is -0.496 e. The lowest BCUT2D eigenvalue weighted by Crippen LogP contribution is -2.39. The zero-order valence-corrected chi connectivity index (χ0v) is 11.9. The highest BCUT2D eigenvalue weighted by Crippen LogP contribution is 2.25. The van der Waals surface area contributed by atoms with Crippen molar-refractivity contribution in [3.63, 3.8) is 0 Å². The Labute approximate surface area is 114 Å². The predicted molar refractivity (Wildman–Crippen MR) is 74.4 cm³/mol. The molecule has 1 rings (SSSR count). The average molecular weight is 317 g/mol. The number of thiocarbonyl (C=S) groups is 1. The maximum Gasteiger partial charge on any atom is 0.257 e. The Morgan fingerprint density at radius 2 is 2.24 bits per heavy atom. The maximum atomic E-state index is 11.8. The van der Waals surface area contributed by atoms with Gasteiger partial charge in [0.05, 0.1) is 11.6 Å². The van der Waals surface area contributed by atoms with Gasteiger partial charge < -0.3 is 10.1 Å². The maximum absolute atomic E-state index is 11.8. The molecule has 2 N–H and O–H groups in total. The molecule has 0 aromatic heterocycles. The van der Waals surface area contributed by atoms with Crippen molar-refractivity contribution in [2.45, 2.75) is 6.92 Å². The summed E-state index contributed by atoms with van der Waals surface area (Å²) in [6.45, 7) is 2.58. The van der Waals surface area contributed by atoms with E-state index in [0.29, 0.717) is 23.0 Å². The Morgan fingerprint density at radius 3 is 2.76 bits per heavy atom. The molecule has 0 unspecified atom stereocenters. The lowest BCUT2D eigenvalue weighted by Gasteiger charge is -2.09. The normalized spacial score (nSPS) is 9.59. The summed E-state index contributed by atoms with van der Waals surface area (Å²) < 4.78 is 5.81. The highest BCUT2D eigenvalue weighted by atomic mass is 79.9. The second-order valence-electron chi connectivity index (χ2n) is 3.16. The molecule has 1 amide bonds. The van der Waals surface area contributed by atoms with E-state index < -0.39 is 0 Å². The van der Waals surface area contributed by atoms with E-state index in [9.17, 15) is 4.79 Å². The van der Waals surface area contributed by atoms with E-state index in [1.165, 1.54) is 0 Å². The number of nitrogens with one attached hydrogen (secondary N) is 2. The number of carbonyl (C=O) groups is 1. The molecular formula is C11H13BrN2O2S. The number of hydrogen-bond donors (Lipinski definition) is 2. The highest BCUT2D eigenvalue weighted by molar-refractivity contribution is 9.10. The fourth-order valence-electron chi connectivity index (χ4n) is 1.19. The lowest BCUT2D eigenvalue weighted by molar-refractivity contribution is 0.0976. The van der Waals surface area contributed by atoms with Gasteiger partial charge >= 0.3 is 0 Å². The Balaban J connectivity index is 2.76. The minimum atomic E-state index is -0.251. The molecule has 0 aliphatic rings. The molecule has 0 fully saturated rings. The van der Waals surface area contributed by atoms with Crippen molar-refractivity contribution in [2.75, 3.05) is 13.7 Å². The van der Waals surface area contributed by atoms with Gasteiger partial charge in [-0.3, -0.25) is 10.1 Å². The first-order chi connectivity index (χ1) is 8.08. The van der Waals surface area contributed by atoms with Crippen molar-refractivity contribution in [1.29, 1.82) is 0 Å². The van der Waals surface area contributed by atoms with Crippen molar-refractivity contribution in [2.24, 2.45) is 0 Å². The van der Waals surface area contributed by atoms with E-state index >= 15 is 0 Å². The molecule has 92 valence electrons. The molecule has 0 atom stereocenters. The van der Waals surface area contributed by atoms with Gasteiger partial charge in [0.25, 0.3) is 5.91 Å². The standard InChI is InChI=1S/C11H13BrN2O2S/c1-3-13-11(17)14-10(15)7-4-5-9(16-2)8(12)6-7/h4-6H,3H2,1-2H3,(H2,13,14,15,17). The number of carbonyl (C=O) groups excluding carboxylic acids is 1.